The van der Waals surface area contributed by atoms with Gasteiger partial charge in [-0.05, 0) is 43.7 Å². The zero-order valence-electron chi connectivity index (χ0n) is 17.2. The van der Waals surface area contributed by atoms with Crippen molar-refractivity contribution in [2.45, 2.75) is 30.7 Å². The van der Waals surface area contributed by atoms with Crippen LogP contribution < -0.4 is 11.1 Å². The molecule has 0 spiro atoms. The number of rotatable bonds is 3. The summed E-state index contributed by atoms with van der Waals surface area (Å²) in [5.74, 6) is -1.42. The Kier molecular flexibility index (Phi) is 4.97. The first kappa shape index (κ1) is 21.2. The second-order valence-electron chi connectivity index (χ2n) is 7.71. The highest BCUT2D eigenvalue weighted by molar-refractivity contribution is 7.90. The molecule has 0 unspecified atom stereocenters. The van der Waals surface area contributed by atoms with E-state index in [-0.39, 0.29) is 29.5 Å². The van der Waals surface area contributed by atoms with Gasteiger partial charge in [-0.3, -0.25) is 9.78 Å². The molecule has 4 rings (SSSR count). The fourth-order valence-electron chi connectivity index (χ4n) is 4.00. The predicted octanol–water partition coefficient (Wildman–Crippen LogP) is 1.35. The number of amides is 1. The van der Waals surface area contributed by atoms with Crippen molar-refractivity contribution in [2.24, 2.45) is 10.7 Å². The Labute approximate surface area is 179 Å². The molecule has 1 aromatic heterocycles. The number of aromatic nitrogens is 1. The minimum Gasteiger partial charge on any atom is -0.374 e. The number of aryl methyl sites for hydroxylation is 1. The molecule has 1 amide bonds. The highest BCUT2D eigenvalue weighted by atomic mass is 32.2. The number of ether oxygens (including phenoxy) is 1. The molecule has 0 bridgehead atoms. The molecule has 0 saturated carbocycles. The van der Waals surface area contributed by atoms with Gasteiger partial charge in [0.2, 0.25) is 16.0 Å². The number of nitrogens with zero attached hydrogens (tertiary/aromatic N) is 3. The van der Waals surface area contributed by atoms with E-state index >= 15 is 0 Å². The maximum Gasteiger partial charge on any atom is 0.274 e. The molecule has 3 atom stereocenters. The number of hydrogen-bond acceptors (Lipinski definition) is 7. The average molecular weight is 447 g/mol. The number of fused-ring (bicyclic) bond motifs is 1. The predicted molar refractivity (Wildman–Crippen MR) is 113 cm³/mol. The summed E-state index contributed by atoms with van der Waals surface area (Å²) in [5.41, 5.74) is 5.65. The second kappa shape index (κ2) is 7.27. The summed E-state index contributed by atoms with van der Waals surface area (Å²) in [7, 11) is -2.66. The molecule has 0 aliphatic carbocycles. The molecule has 164 valence electrons. The first-order chi connectivity index (χ1) is 14.6. The van der Waals surface area contributed by atoms with Gasteiger partial charge in [-0.25, -0.2) is 22.1 Å². The van der Waals surface area contributed by atoms with E-state index in [9.17, 15) is 17.6 Å². The number of aliphatic imine (C=N–C) groups is 1. The van der Waals surface area contributed by atoms with Crippen molar-refractivity contribution in [3.63, 3.8) is 0 Å². The lowest BCUT2D eigenvalue weighted by molar-refractivity contribution is 0.102. The van der Waals surface area contributed by atoms with E-state index in [2.05, 4.69) is 15.3 Å². The van der Waals surface area contributed by atoms with Gasteiger partial charge in [-0.1, -0.05) is 6.07 Å². The fraction of sp³-hybridized carbons (Fsp3) is 0.350. The number of anilines is 1. The van der Waals surface area contributed by atoms with Crippen molar-refractivity contribution < 1.29 is 22.3 Å². The molecule has 2 aliphatic heterocycles. The molecule has 3 N–H and O–H groups in total. The van der Waals surface area contributed by atoms with Crippen molar-refractivity contribution in [1.82, 2.24) is 9.29 Å². The third-order valence-corrected chi connectivity index (χ3v) is 8.00. The minimum absolute atomic E-state index is 0.0175. The zero-order chi connectivity index (χ0) is 22.6. The smallest absolute Gasteiger partial charge is 0.274 e. The number of halogens is 1. The Hall–Kier alpha value is -3.05. The van der Waals surface area contributed by atoms with Crippen LogP contribution in [0.3, 0.4) is 0 Å². The summed E-state index contributed by atoms with van der Waals surface area (Å²) in [4.78, 5) is 21.0. The molecular weight excluding hydrogens is 425 g/mol. The highest BCUT2D eigenvalue weighted by Crippen LogP contribution is 2.46. The summed E-state index contributed by atoms with van der Waals surface area (Å²) in [5, 5.41) is 1.49. The molecular formula is C20H22FN5O4S. The first-order valence-corrected chi connectivity index (χ1v) is 11.1. The Morgan fingerprint density at radius 2 is 2.10 bits per heavy atom. The Morgan fingerprint density at radius 1 is 1.35 bits per heavy atom. The molecule has 3 heterocycles. The Balaban J connectivity index is 1.77. The van der Waals surface area contributed by atoms with E-state index in [1.807, 2.05) is 6.92 Å². The lowest BCUT2D eigenvalue weighted by atomic mass is 9.86. The van der Waals surface area contributed by atoms with Crippen LogP contribution in [-0.4, -0.2) is 54.6 Å². The van der Waals surface area contributed by atoms with Crippen LogP contribution in [0.1, 0.15) is 28.5 Å². The van der Waals surface area contributed by atoms with E-state index in [0.717, 1.165) is 15.9 Å². The summed E-state index contributed by atoms with van der Waals surface area (Å²) in [6, 6.07) is 7.23. The number of guanidine groups is 1. The van der Waals surface area contributed by atoms with Gasteiger partial charge in [0.15, 0.2) is 0 Å². The quantitative estimate of drug-likeness (QED) is 0.731. The first-order valence-electron chi connectivity index (χ1n) is 9.55. The maximum absolute atomic E-state index is 15.0. The van der Waals surface area contributed by atoms with Crippen LogP contribution in [0.15, 0.2) is 41.5 Å². The van der Waals surface area contributed by atoms with Crippen molar-refractivity contribution in [3.05, 3.63) is 59.2 Å². The largest absolute Gasteiger partial charge is 0.374 e. The van der Waals surface area contributed by atoms with Gasteiger partial charge in [0.25, 0.3) is 5.91 Å². The molecule has 1 aromatic carbocycles. The van der Waals surface area contributed by atoms with Gasteiger partial charge in [0.1, 0.15) is 22.3 Å². The lowest BCUT2D eigenvalue weighted by Gasteiger charge is -2.39. The molecule has 0 radical (unpaired) electrons. The zero-order valence-corrected chi connectivity index (χ0v) is 18.0. The number of carbonyl (C=O) groups excluding carboxylic acids is 1. The average Bonchev–Trinajstić information content (AvgIpc) is 3.06. The van der Waals surface area contributed by atoms with Crippen LogP contribution in [-0.2, 0) is 20.3 Å². The lowest BCUT2D eigenvalue weighted by Crippen LogP contribution is -2.58. The van der Waals surface area contributed by atoms with Crippen molar-refractivity contribution in [1.29, 1.82) is 0 Å². The molecule has 9 nitrogen and oxygen atoms in total. The van der Waals surface area contributed by atoms with E-state index in [1.165, 1.54) is 19.2 Å². The van der Waals surface area contributed by atoms with Gasteiger partial charge in [0.05, 0.1) is 12.7 Å². The summed E-state index contributed by atoms with van der Waals surface area (Å²) in [6.07, 6.45) is 0.825. The number of carbonyl (C=O) groups is 1. The van der Waals surface area contributed by atoms with Crippen LogP contribution in [0.4, 0.5) is 10.1 Å². The van der Waals surface area contributed by atoms with Gasteiger partial charge in [-0.15, -0.1) is 0 Å². The van der Waals surface area contributed by atoms with Crippen LogP contribution >= 0.6 is 0 Å². The standard InChI is InChI=1S/C20H22FN5O4S/c1-11-4-7-16(23-9-11)18(27)24-13-5-6-15(21)14(8-13)20-10-30-12(2)17(20)31(28,29)26(3)19(22)25-20/h4-9,12,17H,10H2,1-3H3,(H2,22,25)(H,24,27)/t12-,17+,20+/m0/s1. The number of pyridine rings is 1. The van der Waals surface area contributed by atoms with E-state index < -0.39 is 38.6 Å². The molecule has 1 saturated heterocycles. The van der Waals surface area contributed by atoms with Crippen LogP contribution in [0.25, 0.3) is 0 Å². The van der Waals surface area contributed by atoms with Crippen LogP contribution in [0.5, 0.6) is 0 Å². The topological polar surface area (TPSA) is 127 Å². The monoisotopic (exact) mass is 447 g/mol. The normalized spacial score (nSPS) is 26.8. The van der Waals surface area contributed by atoms with Crippen molar-refractivity contribution >= 4 is 27.6 Å². The molecule has 1 fully saturated rings. The van der Waals surface area contributed by atoms with Gasteiger partial charge >= 0.3 is 0 Å². The summed E-state index contributed by atoms with van der Waals surface area (Å²) in [6.45, 7) is 3.28. The van der Waals surface area contributed by atoms with Crippen LogP contribution in [0.2, 0.25) is 0 Å². The molecule has 2 aromatic rings. The SMILES string of the molecule is Cc1ccc(C(=O)Nc2ccc(F)c([C@]34CO[C@@H](C)[C@H]3S(=O)(=O)N(C)C(N)=N4)c2)nc1. The molecule has 2 aliphatic rings. The fourth-order valence-corrected chi connectivity index (χ4v) is 5.95. The summed E-state index contributed by atoms with van der Waals surface area (Å²) < 4.78 is 47.6. The number of benzene rings is 1. The Bertz CT molecular complexity index is 1180. The van der Waals surface area contributed by atoms with Gasteiger partial charge < -0.3 is 15.8 Å². The number of sulfonamides is 1. The van der Waals surface area contributed by atoms with Crippen molar-refractivity contribution in [3.8, 4) is 0 Å². The number of nitrogens with one attached hydrogen (secondary N) is 1. The highest BCUT2D eigenvalue weighted by Gasteiger charge is 2.61. The Morgan fingerprint density at radius 3 is 2.77 bits per heavy atom. The van der Waals surface area contributed by atoms with Crippen LogP contribution in [0, 0.1) is 12.7 Å². The number of hydrogen-bond donors (Lipinski definition) is 2. The summed E-state index contributed by atoms with van der Waals surface area (Å²) >= 11 is 0. The number of nitrogens with two attached hydrogens (primary N) is 1. The van der Waals surface area contributed by atoms with E-state index in [0.29, 0.717) is 0 Å². The maximum atomic E-state index is 15.0. The van der Waals surface area contributed by atoms with Gasteiger partial charge in [-0.2, -0.15) is 0 Å². The van der Waals surface area contributed by atoms with E-state index in [4.69, 9.17) is 10.5 Å². The van der Waals surface area contributed by atoms with Crippen molar-refractivity contribution in [2.75, 3.05) is 19.0 Å². The molecule has 11 heteroatoms. The third-order valence-electron chi connectivity index (χ3n) is 5.64. The van der Waals surface area contributed by atoms with Gasteiger partial charge in [0, 0.05) is 24.5 Å². The second-order valence-corrected chi connectivity index (χ2v) is 9.80. The molecule has 31 heavy (non-hydrogen) atoms. The minimum atomic E-state index is -3.96. The third kappa shape index (κ3) is 3.33. The van der Waals surface area contributed by atoms with E-state index in [1.54, 1.807) is 25.3 Å².